The van der Waals surface area contributed by atoms with Crippen LogP contribution < -0.4 is 0 Å². The third-order valence-corrected chi connectivity index (χ3v) is 6.39. The van der Waals surface area contributed by atoms with Crippen LogP contribution in [-0.4, -0.2) is 54.5 Å². The summed E-state index contributed by atoms with van der Waals surface area (Å²) in [5.41, 5.74) is 1.24. The number of unbranched alkanes of at least 4 members (excludes halogenated alkanes) is 8. The van der Waals surface area contributed by atoms with Gasteiger partial charge in [-0.2, -0.15) is 0 Å². The Kier molecular flexibility index (Phi) is 14.0. The average Bonchev–Trinajstić information content (AvgIpc) is 2.79. The van der Waals surface area contributed by atoms with Gasteiger partial charge in [-0.3, -0.25) is 19.2 Å². The molecule has 0 aliphatic heterocycles. The lowest BCUT2D eigenvalue weighted by atomic mass is 9.96. The van der Waals surface area contributed by atoms with Gasteiger partial charge in [0.25, 0.3) is 0 Å². The Labute approximate surface area is 210 Å². The number of carbonyl (C=O) groups is 4. The lowest BCUT2D eigenvalue weighted by Crippen LogP contribution is -2.23. The van der Waals surface area contributed by atoms with E-state index in [1.165, 1.54) is 0 Å². The van der Waals surface area contributed by atoms with Crippen molar-refractivity contribution in [2.24, 2.45) is 11.8 Å². The van der Waals surface area contributed by atoms with E-state index in [4.69, 9.17) is 20.4 Å². The van der Waals surface area contributed by atoms with Gasteiger partial charge in [-0.1, -0.05) is 57.4 Å². The zero-order valence-electron chi connectivity index (χ0n) is 20.5. The summed E-state index contributed by atoms with van der Waals surface area (Å²) < 4.78 is 0. The molecule has 0 amide bonds. The number of hydrogen-bond donors (Lipinski definition) is 6. The Hall–Kier alpha value is -3.30. The van der Waals surface area contributed by atoms with Crippen molar-refractivity contribution in [3.05, 3.63) is 23.3 Å². The average molecular weight is 511 g/mol. The molecule has 36 heavy (non-hydrogen) atoms. The van der Waals surface area contributed by atoms with Crippen molar-refractivity contribution >= 4 is 23.9 Å². The molecule has 0 atom stereocenters. The topological polar surface area (TPSA) is 190 Å². The highest BCUT2D eigenvalue weighted by Gasteiger charge is 2.25. The van der Waals surface area contributed by atoms with Crippen LogP contribution in [0.1, 0.15) is 88.2 Å². The van der Waals surface area contributed by atoms with Crippen LogP contribution in [0.25, 0.3) is 0 Å². The summed E-state index contributed by atoms with van der Waals surface area (Å²) in [6.07, 6.45) is 8.61. The van der Waals surface area contributed by atoms with E-state index < -0.39 is 35.7 Å². The van der Waals surface area contributed by atoms with Crippen LogP contribution in [0.15, 0.2) is 12.1 Å². The second-order valence-corrected chi connectivity index (χ2v) is 9.14. The first-order valence-corrected chi connectivity index (χ1v) is 12.5. The van der Waals surface area contributed by atoms with E-state index in [2.05, 4.69) is 0 Å². The van der Waals surface area contributed by atoms with Crippen molar-refractivity contribution in [3.8, 4) is 11.5 Å². The molecule has 0 aliphatic carbocycles. The number of carboxylic acid groups (broad SMARTS) is 4. The van der Waals surface area contributed by atoms with Crippen LogP contribution in [0.5, 0.6) is 11.5 Å². The van der Waals surface area contributed by atoms with Gasteiger partial charge >= 0.3 is 23.9 Å². The fourth-order valence-electron chi connectivity index (χ4n) is 4.20. The molecule has 6 N–H and O–H groups in total. The lowest BCUT2D eigenvalue weighted by molar-refractivity contribution is -0.156. The first-order valence-electron chi connectivity index (χ1n) is 12.5. The van der Waals surface area contributed by atoms with Gasteiger partial charge in [0.15, 0.2) is 11.8 Å². The van der Waals surface area contributed by atoms with Crippen LogP contribution in [-0.2, 0) is 32.0 Å². The third-order valence-electron chi connectivity index (χ3n) is 6.39. The number of benzene rings is 1. The van der Waals surface area contributed by atoms with E-state index in [0.29, 0.717) is 37.7 Å². The summed E-state index contributed by atoms with van der Waals surface area (Å²) >= 11 is 0. The maximum atomic E-state index is 10.9. The van der Waals surface area contributed by atoms with Crippen LogP contribution in [0, 0.1) is 11.8 Å². The van der Waals surface area contributed by atoms with Crippen molar-refractivity contribution in [1.29, 1.82) is 0 Å². The minimum absolute atomic E-state index is 0.0356. The predicted octanol–water partition coefficient (Wildman–Crippen LogP) is 4.43. The number of rotatable bonds is 20. The molecule has 1 aromatic carbocycles. The van der Waals surface area contributed by atoms with E-state index in [1.807, 2.05) is 0 Å². The van der Waals surface area contributed by atoms with Crippen molar-refractivity contribution in [3.63, 3.8) is 0 Å². The van der Waals surface area contributed by atoms with Gasteiger partial charge in [-0.15, -0.1) is 0 Å². The zero-order chi connectivity index (χ0) is 27.1. The van der Waals surface area contributed by atoms with E-state index in [1.54, 1.807) is 12.1 Å². The number of aromatic hydroxyl groups is 2. The van der Waals surface area contributed by atoms with E-state index in [9.17, 15) is 29.4 Å². The number of aliphatic carboxylic acids is 4. The van der Waals surface area contributed by atoms with Gasteiger partial charge in [0, 0.05) is 5.56 Å². The minimum Gasteiger partial charge on any atom is -0.508 e. The second-order valence-electron chi connectivity index (χ2n) is 9.14. The molecule has 0 spiro atoms. The Morgan fingerprint density at radius 1 is 0.556 bits per heavy atom. The molecule has 0 unspecified atom stereocenters. The Morgan fingerprint density at radius 2 is 0.944 bits per heavy atom. The highest BCUT2D eigenvalue weighted by molar-refractivity contribution is 5.93. The highest BCUT2D eigenvalue weighted by atomic mass is 16.4. The van der Waals surface area contributed by atoms with Crippen LogP contribution in [0.4, 0.5) is 0 Å². The number of phenolic OH excluding ortho intramolecular Hbond substituents is 2. The number of phenols is 2. The lowest BCUT2D eigenvalue weighted by Gasteiger charge is -2.12. The maximum Gasteiger partial charge on any atom is 0.317 e. The Balaban J connectivity index is 2.33. The molecule has 0 saturated carbocycles. The summed E-state index contributed by atoms with van der Waals surface area (Å²) in [6, 6.07) is 3.26. The van der Waals surface area contributed by atoms with E-state index in [-0.39, 0.29) is 24.3 Å². The predicted molar refractivity (Wildman–Crippen MR) is 130 cm³/mol. The zero-order valence-corrected chi connectivity index (χ0v) is 20.5. The molecule has 0 radical (unpaired) electrons. The normalized spacial score (nSPS) is 11.2. The van der Waals surface area contributed by atoms with Gasteiger partial charge in [0.05, 0.1) is 0 Å². The number of carboxylic acids is 4. The summed E-state index contributed by atoms with van der Waals surface area (Å²) in [7, 11) is 0. The molecule has 202 valence electrons. The molecule has 0 saturated heterocycles. The van der Waals surface area contributed by atoms with Crippen molar-refractivity contribution < 1.29 is 49.8 Å². The number of hydrogen-bond acceptors (Lipinski definition) is 6. The molecule has 0 heterocycles. The first-order chi connectivity index (χ1) is 17.1. The van der Waals surface area contributed by atoms with Crippen LogP contribution >= 0.6 is 0 Å². The summed E-state index contributed by atoms with van der Waals surface area (Å²) in [4.78, 5) is 43.5. The Bertz CT molecular complexity index is 852. The molecule has 10 heteroatoms. The van der Waals surface area contributed by atoms with E-state index >= 15 is 0 Å². The summed E-state index contributed by atoms with van der Waals surface area (Å²) in [5.74, 6) is -7.88. The fourth-order valence-corrected chi connectivity index (χ4v) is 4.20. The van der Waals surface area contributed by atoms with E-state index in [0.717, 1.165) is 50.5 Å². The summed E-state index contributed by atoms with van der Waals surface area (Å²) in [5, 5.41) is 56.3. The molecular formula is C26H38O10. The molecule has 1 aromatic rings. The largest absolute Gasteiger partial charge is 0.508 e. The quantitative estimate of drug-likeness (QED) is 0.108. The maximum absolute atomic E-state index is 10.9. The van der Waals surface area contributed by atoms with Gasteiger partial charge in [0.2, 0.25) is 0 Å². The van der Waals surface area contributed by atoms with Crippen molar-refractivity contribution in [2.75, 3.05) is 0 Å². The van der Waals surface area contributed by atoms with Crippen LogP contribution in [0.2, 0.25) is 0 Å². The first kappa shape index (κ1) is 30.7. The molecule has 0 fully saturated rings. The molecule has 1 rings (SSSR count). The molecule has 0 bridgehead atoms. The molecule has 0 aromatic heterocycles. The third kappa shape index (κ3) is 11.0. The fraction of sp³-hybridized carbons (Fsp3) is 0.615. The van der Waals surface area contributed by atoms with Gasteiger partial charge < -0.3 is 30.6 Å². The molecule has 0 aliphatic rings. The van der Waals surface area contributed by atoms with Crippen molar-refractivity contribution in [1.82, 2.24) is 0 Å². The monoisotopic (exact) mass is 510 g/mol. The Morgan fingerprint density at radius 3 is 1.39 bits per heavy atom. The molecular weight excluding hydrogens is 472 g/mol. The standard InChI is InChI=1S/C26H38O10/c27-21-16-15-17(11-7-3-1-5-9-13-19(23(29)30)24(31)32)22(28)18(21)12-8-4-2-6-10-14-20(25(33)34)26(35)36/h15-16,19-20,27-28H,1-14H2,(H,29,30)(H,31,32)(H,33,34)(H,35,36). The van der Waals surface area contributed by atoms with Gasteiger partial charge in [0.1, 0.15) is 11.5 Å². The van der Waals surface area contributed by atoms with Crippen LogP contribution in [0.3, 0.4) is 0 Å². The molecule has 10 nitrogen and oxygen atoms in total. The van der Waals surface area contributed by atoms with Crippen molar-refractivity contribution in [2.45, 2.75) is 89.9 Å². The van der Waals surface area contributed by atoms with Gasteiger partial charge in [-0.05, 0) is 50.2 Å². The second kappa shape index (κ2) is 16.4. The highest BCUT2D eigenvalue weighted by Crippen LogP contribution is 2.33. The number of aryl methyl sites for hydroxylation is 1. The smallest absolute Gasteiger partial charge is 0.317 e. The minimum atomic E-state index is -1.37. The van der Waals surface area contributed by atoms with Gasteiger partial charge in [-0.25, -0.2) is 0 Å². The SMILES string of the molecule is O=C(O)C(CCCCCCCc1ccc(O)c(CCCCCCCC(C(=O)O)C(=O)O)c1O)C(=O)O. The summed E-state index contributed by atoms with van der Waals surface area (Å²) in [6.45, 7) is 0.